The summed E-state index contributed by atoms with van der Waals surface area (Å²) in [6.07, 6.45) is 0. The average Bonchev–Trinajstić information content (AvgIpc) is 2.16. The molecule has 1 aromatic rings. The predicted molar refractivity (Wildman–Crippen MR) is 62.5 cm³/mol. The van der Waals surface area contributed by atoms with Crippen molar-refractivity contribution in [3.05, 3.63) is 35.4 Å². The summed E-state index contributed by atoms with van der Waals surface area (Å²) in [5.41, 5.74) is 7.06. The van der Waals surface area contributed by atoms with Gasteiger partial charge in [-0.05, 0) is 18.1 Å². The van der Waals surface area contributed by atoms with Gasteiger partial charge in [-0.2, -0.15) is 0 Å². The fourth-order valence-corrected chi connectivity index (χ4v) is 2.81. The van der Waals surface area contributed by atoms with E-state index >= 15 is 0 Å². The molecule has 0 heterocycles. The van der Waals surface area contributed by atoms with Crippen LogP contribution in [0.3, 0.4) is 0 Å². The van der Waals surface area contributed by atoms with Crippen molar-refractivity contribution in [3.8, 4) is 0 Å². The van der Waals surface area contributed by atoms with Crippen molar-refractivity contribution in [2.45, 2.75) is 19.2 Å². The van der Waals surface area contributed by atoms with Crippen LogP contribution >= 0.6 is 0 Å². The van der Waals surface area contributed by atoms with Gasteiger partial charge in [0.25, 0.3) is 0 Å². The van der Waals surface area contributed by atoms with E-state index < -0.39 is 15.6 Å². The molecule has 0 fully saturated rings. The van der Waals surface area contributed by atoms with Crippen molar-refractivity contribution in [1.29, 1.82) is 0 Å². The highest BCUT2D eigenvalue weighted by Crippen LogP contribution is 2.08. The monoisotopic (exact) mass is 241 g/mol. The Morgan fingerprint density at radius 3 is 2.12 bits per heavy atom. The zero-order chi connectivity index (χ0) is 12.2. The van der Waals surface area contributed by atoms with Gasteiger partial charge in [-0.3, -0.25) is 4.79 Å². The summed E-state index contributed by atoms with van der Waals surface area (Å²) in [6.45, 7) is 1.70. The standard InChI is InChI=1S/C11H15NO3S/c1-9(13)7-16(14,15)8-11-4-2-10(6-12)3-5-11/h2-5H,6-8,12H2,1H3. The van der Waals surface area contributed by atoms with Gasteiger partial charge in [-0.1, -0.05) is 24.3 Å². The van der Waals surface area contributed by atoms with E-state index in [1.807, 2.05) is 0 Å². The number of ketones is 1. The van der Waals surface area contributed by atoms with E-state index in [9.17, 15) is 13.2 Å². The number of rotatable bonds is 5. The minimum Gasteiger partial charge on any atom is -0.326 e. The average molecular weight is 241 g/mol. The lowest BCUT2D eigenvalue weighted by molar-refractivity contribution is -0.114. The molecular weight excluding hydrogens is 226 g/mol. The van der Waals surface area contributed by atoms with Gasteiger partial charge in [0, 0.05) is 6.54 Å². The molecule has 1 rings (SSSR count). The maximum absolute atomic E-state index is 11.5. The summed E-state index contributed by atoms with van der Waals surface area (Å²) in [7, 11) is -3.33. The molecule has 88 valence electrons. The molecule has 0 bridgehead atoms. The summed E-state index contributed by atoms with van der Waals surface area (Å²) in [5, 5.41) is 0. The molecule has 0 amide bonds. The third-order valence-electron chi connectivity index (χ3n) is 2.07. The minimum absolute atomic E-state index is 0.0998. The van der Waals surface area contributed by atoms with E-state index in [0.29, 0.717) is 12.1 Å². The fourth-order valence-electron chi connectivity index (χ4n) is 1.39. The lowest BCUT2D eigenvalue weighted by atomic mass is 10.1. The Balaban J connectivity index is 2.76. The van der Waals surface area contributed by atoms with Crippen LogP contribution < -0.4 is 5.73 Å². The first kappa shape index (κ1) is 12.9. The fraction of sp³-hybridized carbons (Fsp3) is 0.364. The Kier molecular flexibility index (Phi) is 4.20. The maximum atomic E-state index is 11.5. The highest BCUT2D eigenvalue weighted by atomic mass is 32.2. The number of nitrogens with two attached hydrogens (primary N) is 1. The molecule has 0 saturated heterocycles. The van der Waals surface area contributed by atoms with E-state index in [2.05, 4.69) is 0 Å². The van der Waals surface area contributed by atoms with Crippen LogP contribution in [0.2, 0.25) is 0 Å². The van der Waals surface area contributed by atoms with Gasteiger partial charge in [0.1, 0.15) is 11.5 Å². The van der Waals surface area contributed by atoms with Gasteiger partial charge in [0.15, 0.2) is 9.84 Å². The number of hydrogen-bond donors (Lipinski definition) is 1. The van der Waals surface area contributed by atoms with Crippen LogP contribution in [0.4, 0.5) is 0 Å². The Hall–Kier alpha value is -1.20. The van der Waals surface area contributed by atoms with Crippen LogP contribution in [0.15, 0.2) is 24.3 Å². The quantitative estimate of drug-likeness (QED) is 0.821. The number of hydrogen-bond acceptors (Lipinski definition) is 4. The highest BCUT2D eigenvalue weighted by Gasteiger charge is 2.14. The number of carbonyl (C=O) groups is 1. The van der Waals surface area contributed by atoms with E-state index in [1.165, 1.54) is 6.92 Å². The van der Waals surface area contributed by atoms with Gasteiger partial charge in [-0.25, -0.2) is 8.42 Å². The van der Waals surface area contributed by atoms with E-state index in [-0.39, 0.29) is 11.5 Å². The second-order valence-electron chi connectivity index (χ2n) is 3.75. The van der Waals surface area contributed by atoms with E-state index in [0.717, 1.165) is 5.56 Å². The summed E-state index contributed by atoms with van der Waals surface area (Å²) >= 11 is 0. The van der Waals surface area contributed by atoms with E-state index in [1.54, 1.807) is 24.3 Å². The van der Waals surface area contributed by atoms with Gasteiger partial charge in [-0.15, -0.1) is 0 Å². The van der Waals surface area contributed by atoms with E-state index in [4.69, 9.17) is 5.73 Å². The van der Waals surface area contributed by atoms with Gasteiger partial charge in [0.05, 0.1) is 5.75 Å². The lowest BCUT2D eigenvalue weighted by Crippen LogP contribution is -2.15. The maximum Gasteiger partial charge on any atom is 0.161 e. The van der Waals surface area contributed by atoms with Gasteiger partial charge >= 0.3 is 0 Å². The molecule has 0 saturated carbocycles. The Morgan fingerprint density at radius 1 is 1.19 bits per heavy atom. The molecule has 0 aliphatic carbocycles. The van der Waals surface area contributed by atoms with Crippen LogP contribution in [-0.4, -0.2) is 20.0 Å². The number of Topliss-reactive ketones (excluding diaryl/α,β-unsaturated/α-hetero) is 1. The van der Waals surface area contributed by atoms with Crippen molar-refractivity contribution in [2.75, 3.05) is 5.75 Å². The molecule has 5 heteroatoms. The molecule has 2 N–H and O–H groups in total. The zero-order valence-electron chi connectivity index (χ0n) is 9.14. The largest absolute Gasteiger partial charge is 0.326 e. The summed E-state index contributed by atoms with van der Waals surface area (Å²) in [4.78, 5) is 10.8. The Bertz CT molecular complexity index is 463. The molecule has 0 unspecified atom stereocenters. The highest BCUT2D eigenvalue weighted by molar-refractivity contribution is 7.91. The molecule has 16 heavy (non-hydrogen) atoms. The van der Waals surface area contributed by atoms with Crippen molar-refractivity contribution >= 4 is 15.6 Å². The zero-order valence-corrected chi connectivity index (χ0v) is 9.96. The smallest absolute Gasteiger partial charge is 0.161 e. The lowest BCUT2D eigenvalue weighted by Gasteiger charge is -2.03. The molecule has 0 spiro atoms. The second-order valence-corrected chi connectivity index (χ2v) is 5.82. The molecule has 0 aliphatic rings. The molecule has 1 aromatic carbocycles. The SMILES string of the molecule is CC(=O)CS(=O)(=O)Cc1ccc(CN)cc1. The van der Waals surface area contributed by atoms with Crippen molar-refractivity contribution in [3.63, 3.8) is 0 Å². The molecule has 0 aliphatic heterocycles. The molecule has 0 aromatic heterocycles. The Morgan fingerprint density at radius 2 is 1.69 bits per heavy atom. The number of benzene rings is 1. The first-order valence-electron chi connectivity index (χ1n) is 4.91. The van der Waals surface area contributed by atoms with Crippen molar-refractivity contribution in [2.24, 2.45) is 5.73 Å². The predicted octanol–water partition coefficient (Wildman–Crippen LogP) is 0.649. The summed E-state index contributed by atoms with van der Waals surface area (Å²) < 4.78 is 23.0. The van der Waals surface area contributed by atoms with Crippen LogP contribution in [0.5, 0.6) is 0 Å². The third-order valence-corrected chi connectivity index (χ3v) is 3.69. The van der Waals surface area contributed by atoms with Crippen LogP contribution in [0, 0.1) is 0 Å². The van der Waals surface area contributed by atoms with Crippen LogP contribution in [0.25, 0.3) is 0 Å². The molecule has 4 nitrogen and oxygen atoms in total. The summed E-state index contributed by atoms with van der Waals surface area (Å²) in [5.74, 6) is -0.832. The van der Waals surface area contributed by atoms with Crippen LogP contribution in [0.1, 0.15) is 18.1 Å². The number of sulfone groups is 1. The summed E-state index contributed by atoms with van der Waals surface area (Å²) in [6, 6.07) is 7.02. The topological polar surface area (TPSA) is 77.2 Å². The molecular formula is C11H15NO3S. The van der Waals surface area contributed by atoms with Gasteiger partial charge < -0.3 is 5.73 Å². The van der Waals surface area contributed by atoms with Crippen LogP contribution in [-0.2, 0) is 26.9 Å². The minimum atomic E-state index is -3.33. The Labute approximate surface area is 95.4 Å². The third kappa shape index (κ3) is 4.12. The first-order valence-corrected chi connectivity index (χ1v) is 6.73. The normalized spacial score (nSPS) is 11.4. The molecule has 0 atom stereocenters. The van der Waals surface area contributed by atoms with Crippen molar-refractivity contribution < 1.29 is 13.2 Å². The van der Waals surface area contributed by atoms with Gasteiger partial charge in [0.2, 0.25) is 0 Å². The number of carbonyl (C=O) groups excluding carboxylic acids is 1. The first-order chi connectivity index (χ1) is 7.43. The van der Waals surface area contributed by atoms with Crippen molar-refractivity contribution in [1.82, 2.24) is 0 Å². The second kappa shape index (κ2) is 5.23. The molecule has 0 radical (unpaired) electrons.